The van der Waals surface area contributed by atoms with Crippen molar-refractivity contribution in [1.82, 2.24) is 14.7 Å². The van der Waals surface area contributed by atoms with Crippen LogP contribution in [-0.2, 0) is 6.54 Å². The quantitative estimate of drug-likeness (QED) is 0.795. The first kappa shape index (κ1) is 16.3. The third kappa shape index (κ3) is 5.34. The molecule has 1 aliphatic heterocycles. The lowest BCUT2D eigenvalue weighted by atomic mass is 10.2. The van der Waals surface area contributed by atoms with Gasteiger partial charge in [0.25, 0.3) is 0 Å². The van der Waals surface area contributed by atoms with Crippen molar-refractivity contribution in [3.05, 3.63) is 35.4 Å². The Morgan fingerprint density at radius 1 is 1.14 bits per heavy atom. The van der Waals surface area contributed by atoms with Gasteiger partial charge >= 0.3 is 0 Å². The van der Waals surface area contributed by atoms with E-state index < -0.39 is 0 Å². The van der Waals surface area contributed by atoms with E-state index in [2.05, 4.69) is 16.8 Å². The van der Waals surface area contributed by atoms with Gasteiger partial charge in [0.05, 0.1) is 0 Å². The van der Waals surface area contributed by atoms with Gasteiger partial charge in [0.1, 0.15) is 11.6 Å². The minimum atomic E-state index is -0.378. The lowest BCUT2D eigenvalue weighted by Gasteiger charge is -2.32. The zero-order valence-corrected chi connectivity index (χ0v) is 13.0. The van der Waals surface area contributed by atoms with E-state index in [1.54, 1.807) is 0 Å². The molecule has 3 nitrogen and oxygen atoms in total. The van der Waals surface area contributed by atoms with Gasteiger partial charge in [-0.3, -0.25) is 0 Å². The lowest BCUT2D eigenvalue weighted by Crippen LogP contribution is -2.45. The summed E-state index contributed by atoms with van der Waals surface area (Å²) in [6.45, 7) is 6.92. The number of hydrogen-bond donors (Lipinski definition) is 0. The van der Waals surface area contributed by atoms with E-state index in [0.717, 1.165) is 51.8 Å². The predicted octanol–water partition coefficient (Wildman–Crippen LogP) is 2.03. The van der Waals surface area contributed by atoms with Gasteiger partial charge < -0.3 is 14.7 Å². The van der Waals surface area contributed by atoms with E-state index in [1.807, 2.05) is 11.9 Å². The topological polar surface area (TPSA) is 9.72 Å². The maximum Gasteiger partial charge on any atom is 0.127 e. The van der Waals surface area contributed by atoms with Gasteiger partial charge in [0.15, 0.2) is 0 Å². The first-order valence-corrected chi connectivity index (χ1v) is 7.58. The Morgan fingerprint density at radius 2 is 1.86 bits per heavy atom. The van der Waals surface area contributed by atoms with Crippen LogP contribution in [0.1, 0.15) is 12.0 Å². The molecule has 0 bridgehead atoms. The molecule has 0 atom stereocenters. The fourth-order valence-electron chi connectivity index (χ4n) is 2.67. The maximum absolute atomic E-state index is 13.6. The van der Waals surface area contributed by atoms with Crippen LogP contribution in [-0.4, -0.2) is 68.1 Å². The third-order valence-electron chi connectivity index (χ3n) is 4.06. The molecule has 1 fully saturated rings. The average molecular weight is 297 g/mol. The summed E-state index contributed by atoms with van der Waals surface area (Å²) in [5, 5.41) is 0. The summed E-state index contributed by atoms with van der Waals surface area (Å²) < 4.78 is 26.7. The smallest absolute Gasteiger partial charge is 0.127 e. The molecule has 0 amide bonds. The van der Waals surface area contributed by atoms with Crippen molar-refractivity contribution in [3.8, 4) is 0 Å². The molecule has 0 aromatic heterocycles. The normalized spacial score (nSPS) is 17.6. The molecule has 5 heteroatoms. The largest absolute Gasteiger partial charge is 0.304 e. The number of likely N-dealkylation sites (N-methyl/N-ethyl adjacent to an activating group) is 1. The minimum absolute atomic E-state index is 0.331. The highest BCUT2D eigenvalue weighted by Gasteiger charge is 2.13. The van der Waals surface area contributed by atoms with Crippen molar-refractivity contribution in [1.29, 1.82) is 0 Å². The molecule has 1 aromatic carbocycles. The molecule has 2 rings (SSSR count). The summed E-state index contributed by atoms with van der Waals surface area (Å²) in [5.41, 5.74) is 0.428. The molecule has 0 radical (unpaired) electrons. The van der Waals surface area contributed by atoms with Gasteiger partial charge in [0.2, 0.25) is 0 Å². The van der Waals surface area contributed by atoms with Crippen molar-refractivity contribution >= 4 is 0 Å². The molecule has 0 spiro atoms. The van der Waals surface area contributed by atoms with E-state index in [1.165, 1.54) is 12.1 Å². The van der Waals surface area contributed by atoms with Crippen LogP contribution in [0, 0.1) is 11.6 Å². The third-order valence-corrected chi connectivity index (χ3v) is 4.06. The van der Waals surface area contributed by atoms with Gasteiger partial charge in [-0.05, 0) is 51.8 Å². The van der Waals surface area contributed by atoms with E-state index in [4.69, 9.17) is 0 Å². The zero-order chi connectivity index (χ0) is 15.2. The second-order valence-electron chi connectivity index (χ2n) is 5.97. The standard InChI is InChI=1S/C16H25F2N3/c1-19-8-10-21(11-9-19)7-3-6-20(2)13-14-12-15(17)4-5-16(14)18/h4-5,12H,3,6-11,13H2,1-2H3. The Bertz CT molecular complexity index is 445. The number of halogens is 2. The molecule has 1 heterocycles. The van der Waals surface area contributed by atoms with E-state index in [0.29, 0.717) is 12.1 Å². The second-order valence-corrected chi connectivity index (χ2v) is 5.97. The van der Waals surface area contributed by atoms with E-state index in [-0.39, 0.29) is 11.6 Å². The Balaban J connectivity index is 1.70. The molecule has 21 heavy (non-hydrogen) atoms. The highest BCUT2D eigenvalue weighted by Crippen LogP contribution is 2.12. The zero-order valence-electron chi connectivity index (χ0n) is 13.0. The molecule has 0 N–H and O–H groups in total. The van der Waals surface area contributed by atoms with Crippen LogP contribution in [0.2, 0.25) is 0 Å². The van der Waals surface area contributed by atoms with E-state index >= 15 is 0 Å². The Morgan fingerprint density at radius 3 is 2.57 bits per heavy atom. The predicted molar refractivity (Wildman–Crippen MR) is 81.2 cm³/mol. The number of hydrogen-bond acceptors (Lipinski definition) is 3. The van der Waals surface area contributed by atoms with Crippen LogP contribution in [0.15, 0.2) is 18.2 Å². The van der Waals surface area contributed by atoms with Gasteiger partial charge in [-0.1, -0.05) is 0 Å². The van der Waals surface area contributed by atoms with Crippen LogP contribution in [0.3, 0.4) is 0 Å². The molecule has 0 unspecified atom stereocenters. The number of piperazine rings is 1. The molecule has 118 valence electrons. The molecule has 1 aromatic rings. The highest BCUT2D eigenvalue weighted by molar-refractivity contribution is 5.18. The summed E-state index contributed by atoms with van der Waals surface area (Å²) >= 11 is 0. The molecular weight excluding hydrogens is 272 g/mol. The van der Waals surface area contributed by atoms with Crippen molar-refractivity contribution in [2.75, 3.05) is 53.4 Å². The Labute approximate surface area is 126 Å². The van der Waals surface area contributed by atoms with Crippen LogP contribution in [0.25, 0.3) is 0 Å². The van der Waals surface area contributed by atoms with Crippen molar-refractivity contribution in [2.45, 2.75) is 13.0 Å². The van der Waals surface area contributed by atoms with Crippen molar-refractivity contribution in [2.24, 2.45) is 0 Å². The van der Waals surface area contributed by atoms with Crippen molar-refractivity contribution < 1.29 is 8.78 Å². The number of benzene rings is 1. The Kier molecular flexibility index (Phi) is 6.08. The van der Waals surface area contributed by atoms with Crippen LogP contribution in [0.4, 0.5) is 8.78 Å². The lowest BCUT2D eigenvalue weighted by molar-refractivity contribution is 0.147. The molecule has 0 saturated carbocycles. The van der Waals surface area contributed by atoms with Crippen LogP contribution < -0.4 is 0 Å². The molecular formula is C16H25F2N3. The fraction of sp³-hybridized carbons (Fsp3) is 0.625. The fourth-order valence-corrected chi connectivity index (χ4v) is 2.67. The van der Waals surface area contributed by atoms with Gasteiger partial charge in [-0.2, -0.15) is 0 Å². The van der Waals surface area contributed by atoms with Crippen LogP contribution >= 0.6 is 0 Å². The van der Waals surface area contributed by atoms with Gasteiger partial charge in [0, 0.05) is 38.3 Å². The summed E-state index contributed by atoms with van der Waals surface area (Å²) in [5.74, 6) is -0.709. The summed E-state index contributed by atoms with van der Waals surface area (Å²) in [7, 11) is 4.10. The first-order valence-electron chi connectivity index (χ1n) is 7.58. The van der Waals surface area contributed by atoms with Gasteiger partial charge in [-0.15, -0.1) is 0 Å². The maximum atomic E-state index is 13.6. The number of rotatable bonds is 6. The first-order chi connectivity index (χ1) is 10.0. The summed E-state index contributed by atoms with van der Waals surface area (Å²) in [6.07, 6.45) is 1.05. The Hall–Kier alpha value is -1.04. The monoisotopic (exact) mass is 297 g/mol. The summed E-state index contributed by atoms with van der Waals surface area (Å²) in [4.78, 5) is 6.86. The highest BCUT2D eigenvalue weighted by atomic mass is 19.1. The van der Waals surface area contributed by atoms with Crippen molar-refractivity contribution in [3.63, 3.8) is 0 Å². The second kappa shape index (κ2) is 7.82. The number of nitrogens with zero attached hydrogens (tertiary/aromatic N) is 3. The SMILES string of the molecule is CN1CCN(CCCN(C)Cc2cc(F)ccc2F)CC1. The molecule has 1 aliphatic rings. The van der Waals surface area contributed by atoms with E-state index in [9.17, 15) is 8.78 Å². The average Bonchev–Trinajstić information content (AvgIpc) is 2.45. The summed E-state index contributed by atoms with van der Waals surface area (Å²) in [6, 6.07) is 3.64. The molecule has 1 saturated heterocycles. The van der Waals surface area contributed by atoms with Gasteiger partial charge in [-0.25, -0.2) is 8.78 Å². The minimum Gasteiger partial charge on any atom is -0.304 e. The van der Waals surface area contributed by atoms with Crippen LogP contribution in [0.5, 0.6) is 0 Å². The molecule has 0 aliphatic carbocycles.